The van der Waals surface area contributed by atoms with Gasteiger partial charge in [0.05, 0.1) is 15.2 Å². The summed E-state index contributed by atoms with van der Waals surface area (Å²) in [5.41, 5.74) is 11.1. The molecule has 11 heavy (non-hydrogen) atoms. The Morgan fingerprint density at radius 2 is 2.00 bits per heavy atom. The van der Waals surface area contributed by atoms with Gasteiger partial charge >= 0.3 is 0 Å². The number of nitrogen functional groups attached to an aromatic ring is 2. The summed E-state index contributed by atoms with van der Waals surface area (Å²) in [6.45, 7) is 0. The number of hydrogen-bond donors (Lipinski definition) is 2. The SMILES string of the molecule is Cl.Nc1ncc(Br)c(Cl)c1N. The Labute approximate surface area is 83.7 Å². The summed E-state index contributed by atoms with van der Waals surface area (Å²) in [6, 6.07) is 0. The number of aromatic nitrogens is 1. The quantitative estimate of drug-likeness (QED) is 0.749. The molecule has 3 nitrogen and oxygen atoms in total. The van der Waals surface area contributed by atoms with Crippen LogP contribution in [0.1, 0.15) is 0 Å². The lowest BCUT2D eigenvalue weighted by molar-refractivity contribution is 1.32. The van der Waals surface area contributed by atoms with Gasteiger partial charge in [0.25, 0.3) is 0 Å². The molecule has 0 amide bonds. The second-order valence-corrected chi connectivity index (χ2v) is 2.95. The molecule has 0 saturated carbocycles. The van der Waals surface area contributed by atoms with Crippen molar-refractivity contribution in [3.63, 3.8) is 0 Å². The maximum atomic E-state index is 5.69. The van der Waals surface area contributed by atoms with Gasteiger partial charge in [0.15, 0.2) is 0 Å². The van der Waals surface area contributed by atoms with Crippen LogP contribution in [0.4, 0.5) is 11.5 Å². The van der Waals surface area contributed by atoms with Gasteiger partial charge in [0.2, 0.25) is 0 Å². The monoisotopic (exact) mass is 257 g/mol. The number of anilines is 2. The van der Waals surface area contributed by atoms with Crippen LogP contribution in [0, 0.1) is 0 Å². The molecule has 0 aliphatic heterocycles. The lowest BCUT2D eigenvalue weighted by atomic mass is 10.4. The van der Waals surface area contributed by atoms with Crippen LogP contribution in [-0.2, 0) is 0 Å². The summed E-state index contributed by atoms with van der Waals surface area (Å²) >= 11 is 8.84. The summed E-state index contributed by atoms with van der Waals surface area (Å²) in [5.74, 6) is 0.258. The van der Waals surface area contributed by atoms with Gasteiger partial charge in [-0.15, -0.1) is 12.4 Å². The van der Waals surface area contributed by atoms with Crippen molar-refractivity contribution >= 4 is 51.4 Å². The molecule has 62 valence electrons. The van der Waals surface area contributed by atoms with E-state index in [9.17, 15) is 0 Å². The predicted molar refractivity (Wildman–Crippen MR) is 53.0 cm³/mol. The summed E-state index contributed by atoms with van der Waals surface area (Å²) in [7, 11) is 0. The van der Waals surface area contributed by atoms with E-state index >= 15 is 0 Å². The minimum absolute atomic E-state index is 0. The smallest absolute Gasteiger partial charge is 0.148 e. The van der Waals surface area contributed by atoms with Crippen LogP contribution in [0.2, 0.25) is 5.02 Å². The second kappa shape index (κ2) is 3.99. The molecule has 6 heteroatoms. The molecule has 0 bridgehead atoms. The number of pyridine rings is 1. The Hall–Kier alpha value is -0.190. The molecular formula is C5H6BrCl2N3. The third-order valence-electron chi connectivity index (χ3n) is 1.04. The Balaban J connectivity index is 0.000001000. The van der Waals surface area contributed by atoms with Crippen LogP contribution < -0.4 is 11.5 Å². The topological polar surface area (TPSA) is 64.9 Å². The average Bonchev–Trinajstić information content (AvgIpc) is 1.93. The molecule has 1 rings (SSSR count). The van der Waals surface area contributed by atoms with Crippen molar-refractivity contribution in [2.75, 3.05) is 11.5 Å². The number of nitrogens with zero attached hydrogens (tertiary/aromatic N) is 1. The minimum atomic E-state index is 0. The largest absolute Gasteiger partial charge is 0.394 e. The minimum Gasteiger partial charge on any atom is -0.394 e. The fourth-order valence-corrected chi connectivity index (χ4v) is 0.955. The number of nitrogens with two attached hydrogens (primary N) is 2. The molecular weight excluding hydrogens is 253 g/mol. The first-order chi connectivity index (χ1) is 4.63. The van der Waals surface area contributed by atoms with Crippen LogP contribution in [-0.4, -0.2) is 4.98 Å². The Morgan fingerprint density at radius 3 is 2.45 bits per heavy atom. The van der Waals surface area contributed by atoms with Gasteiger partial charge in [0, 0.05) is 6.20 Å². The molecule has 1 aromatic rings. The van der Waals surface area contributed by atoms with Gasteiger partial charge in [0.1, 0.15) is 5.82 Å². The first-order valence-corrected chi connectivity index (χ1v) is 3.65. The van der Waals surface area contributed by atoms with Crippen molar-refractivity contribution in [2.24, 2.45) is 0 Å². The van der Waals surface area contributed by atoms with Gasteiger partial charge in [-0.1, -0.05) is 11.6 Å². The molecule has 0 saturated heterocycles. The van der Waals surface area contributed by atoms with Crippen LogP contribution >= 0.6 is 39.9 Å². The molecule has 1 heterocycles. The van der Waals surface area contributed by atoms with Gasteiger partial charge < -0.3 is 11.5 Å². The Kier molecular flexibility index (Phi) is 3.92. The average molecular weight is 259 g/mol. The van der Waals surface area contributed by atoms with Gasteiger partial charge in [-0.05, 0) is 15.9 Å². The molecule has 0 radical (unpaired) electrons. The van der Waals surface area contributed by atoms with E-state index in [0.717, 1.165) is 0 Å². The maximum absolute atomic E-state index is 5.69. The van der Waals surface area contributed by atoms with Crippen molar-refractivity contribution in [3.05, 3.63) is 15.7 Å². The highest BCUT2D eigenvalue weighted by molar-refractivity contribution is 9.10. The van der Waals surface area contributed by atoms with Crippen LogP contribution in [0.3, 0.4) is 0 Å². The molecule has 0 aromatic carbocycles. The summed E-state index contributed by atoms with van der Waals surface area (Å²) < 4.78 is 0.654. The third-order valence-corrected chi connectivity index (χ3v) is 2.28. The van der Waals surface area contributed by atoms with Gasteiger partial charge in [-0.3, -0.25) is 0 Å². The number of rotatable bonds is 0. The van der Waals surface area contributed by atoms with Crippen LogP contribution in [0.25, 0.3) is 0 Å². The standard InChI is InChI=1S/C5H5BrClN3.ClH/c6-2-1-10-5(9)4(8)3(2)7;/h1H,8H2,(H2,9,10);1H. The third kappa shape index (κ3) is 2.12. The van der Waals surface area contributed by atoms with E-state index in [-0.39, 0.29) is 18.2 Å². The lowest BCUT2D eigenvalue weighted by Gasteiger charge is -2.01. The summed E-state index contributed by atoms with van der Waals surface area (Å²) in [5, 5.41) is 0.410. The van der Waals surface area contributed by atoms with E-state index in [4.69, 9.17) is 23.1 Å². The number of hydrogen-bond acceptors (Lipinski definition) is 3. The normalized spacial score (nSPS) is 8.91. The van der Waals surface area contributed by atoms with E-state index in [1.807, 2.05) is 0 Å². The molecule has 0 fully saturated rings. The molecule has 0 unspecified atom stereocenters. The van der Waals surface area contributed by atoms with Crippen molar-refractivity contribution in [1.82, 2.24) is 4.98 Å². The predicted octanol–water partition coefficient (Wildman–Crippen LogP) is 2.08. The summed E-state index contributed by atoms with van der Waals surface area (Å²) in [6.07, 6.45) is 1.51. The lowest BCUT2D eigenvalue weighted by Crippen LogP contribution is -1.98. The molecule has 0 atom stereocenters. The zero-order valence-electron chi connectivity index (χ0n) is 5.34. The maximum Gasteiger partial charge on any atom is 0.148 e. The van der Waals surface area contributed by atoms with E-state index in [1.165, 1.54) is 6.20 Å². The highest BCUT2D eigenvalue weighted by Crippen LogP contribution is 2.30. The van der Waals surface area contributed by atoms with E-state index in [0.29, 0.717) is 15.2 Å². The van der Waals surface area contributed by atoms with E-state index in [1.54, 1.807) is 0 Å². The Morgan fingerprint density at radius 1 is 1.45 bits per heavy atom. The van der Waals surface area contributed by atoms with Gasteiger partial charge in [-0.2, -0.15) is 0 Å². The first-order valence-electron chi connectivity index (χ1n) is 2.48. The Bertz CT molecular complexity index is 239. The van der Waals surface area contributed by atoms with Crippen LogP contribution in [0.5, 0.6) is 0 Å². The second-order valence-electron chi connectivity index (χ2n) is 1.72. The molecule has 0 aliphatic rings. The van der Waals surface area contributed by atoms with Crippen molar-refractivity contribution in [3.8, 4) is 0 Å². The van der Waals surface area contributed by atoms with Crippen molar-refractivity contribution in [2.45, 2.75) is 0 Å². The molecule has 4 N–H and O–H groups in total. The van der Waals surface area contributed by atoms with E-state index < -0.39 is 0 Å². The van der Waals surface area contributed by atoms with Crippen molar-refractivity contribution in [1.29, 1.82) is 0 Å². The zero-order valence-corrected chi connectivity index (χ0v) is 8.50. The van der Waals surface area contributed by atoms with Gasteiger partial charge in [-0.25, -0.2) is 4.98 Å². The molecule has 0 aliphatic carbocycles. The highest BCUT2D eigenvalue weighted by Gasteiger charge is 2.04. The fourth-order valence-electron chi connectivity index (χ4n) is 0.494. The highest BCUT2D eigenvalue weighted by atomic mass is 79.9. The van der Waals surface area contributed by atoms with Crippen molar-refractivity contribution < 1.29 is 0 Å². The molecule has 1 aromatic heterocycles. The summed E-state index contributed by atoms with van der Waals surface area (Å²) in [4.78, 5) is 3.76. The molecule has 0 spiro atoms. The van der Waals surface area contributed by atoms with E-state index in [2.05, 4.69) is 20.9 Å². The fraction of sp³-hybridized carbons (Fsp3) is 0. The van der Waals surface area contributed by atoms with Crippen LogP contribution in [0.15, 0.2) is 10.7 Å². The zero-order chi connectivity index (χ0) is 7.72. The number of halogens is 3. The first kappa shape index (κ1) is 10.8.